The van der Waals surface area contributed by atoms with Crippen molar-refractivity contribution in [3.8, 4) is 5.75 Å². The van der Waals surface area contributed by atoms with Crippen molar-refractivity contribution >= 4 is 29.0 Å². The Morgan fingerprint density at radius 3 is 2.30 bits per heavy atom. The van der Waals surface area contributed by atoms with E-state index in [0.717, 1.165) is 0 Å². The van der Waals surface area contributed by atoms with Gasteiger partial charge in [0.15, 0.2) is 34.7 Å². The predicted octanol–water partition coefficient (Wildman–Crippen LogP) is -1.55. The molecule has 2 unspecified atom stereocenters. The van der Waals surface area contributed by atoms with Crippen LogP contribution in [0.2, 0.25) is 0 Å². The van der Waals surface area contributed by atoms with E-state index in [1.54, 1.807) is 19.9 Å². The number of aliphatic hydroxyl groups excluding tert-OH is 1. The highest BCUT2D eigenvalue weighted by Gasteiger charge is 2.72. The van der Waals surface area contributed by atoms with Crippen molar-refractivity contribution in [2.45, 2.75) is 38.0 Å². The molecule has 3 aliphatic carbocycles. The van der Waals surface area contributed by atoms with Crippen LogP contribution in [0, 0.1) is 37.5 Å². The van der Waals surface area contributed by atoms with Crippen LogP contribution >= 0.6 is 0 Å². The van der Waals surface area contributed by atoms with Gasteiger partial charge in [-0.2, -0.15) is 0 Å². The highest BCUT2D eigenvalue weighted by Crippen LogP contribution is 2.51. The van der Waals surface area contributed by atoms with E-state index in [4.69, 9.17) is 5.73 Å². The fourth-order valence-electron chi connectivity index (χ4n) is 5.91. The third-order valence-corrected chi connectivity index (χ3v) is 7.65. The smallest absolute Gasteiger partial charge is 0.235 e. The van der Waals surface area contributed by atoms with Gasteiger partial charge < -0.3 is 21.1 Å². The quantitative estimate of drug-likeness (QED) is 0.383. The number of likely N-dealkylation sites (N-methyl/N-ethyl adjacent to an activating group) is 1. The molecule has 10 nitrogen and oxygen atoms in total. The van der Waals surface area contributed by atoms with Crippen molar-refractivity contribution in [1.29, 1.82) is 0 Å². The summed E-state index contributed by atoms with van der Waals surface area (Å²) in [5.74, 6) is -12.3. The lowest BCUT2D eigenvalue weighted by molar-refractivity contribution is -0.195. The number of amides is 1. The zero-order valence-electron chi connectivity index (χ0n) is 18.7. The molecule has 0 bridgehead atoms. The van der Waals surface area contributed by atoms with Crippen molar-refractivity contribution in [2.24, 2.45) is 29.4 Å². The molecule has 0 spiro atoms. The molecule has 0 saturated heterocycles. The summed E-state index contributed by atoms with van der Waals surface area (Å²) in [6.07, 6.45) is -1.59. The second-order valence-corrected chi connectivity index (χ2v) is 9.57. The number of ketones is 4. The maximum atomic E-state index is 13.6. The number of aliphatic hydroxyl groups is 2. The van der Waals surface area contributed by atoms with E-state index in [2.05, 4.69) is 0 Å². The lowest BCUT2D eigenvalue weighted by Crippen LogP contribution is -2.77. The molecule has 10 heteroatoms. The average Bonchev–Trinajstić information content (AvgIpc) is 2.71. The third-order valence-electron chi connectivity index (χ3n) is 7.65. The predicted molar refractivity (Wildman–Crippen MR) is 112 cm³/mol. The third kappa shape index (κ3) is 2.81. The Morgan fingerprint density at radius 1 is 1.15 bits per heavy atom. The van der Waals surface area contributed by atoms with Gasteiger partial charge in [0.1, 0.15) is 5.75 Å². The van der Waals surface area contributed by atoms with Gasteiger partial charge in [-0.05, 0) is 51.1 Å². The summed E-state index contributed by atoms with van der Waals surface area (Å²) < 4.78 is 0. The summed E-state index contributed by atoms with van der Waals surface area (Å²) in [4.78, 5) is 66.5. The van der Waals surface area contributed by atoms with E-state index in [1.165, 1.54) is 19.0 Å². The van der Waals surface area contributed by atoms with Gasteiger partial charge in [0.05, 0.1) is 29.5 Å². The molecular weight excluding hydrogens is 432 g/mol. The molecule has 2 fully saturated rings. The first-order chi connectivity index (χ1) is 15.3. The summed E-state index contributed by atoms with van der Waals surface area (Å²) in [7, 11) is 2.90. The van der Waals surface area contributed by atoms with Gasteiger partial charge in [-0.3, -0.25) is 28.9 Å². The standard InChI is InChI=1S/C23H26N2O8/c1-7-5-9-6-10-12(18(28)11(9)16(26)8(7)2)20(30)23(33)14(17(10)27)15(25(3)4)19(29)13(21(23)31)22(24)32/h5,10,12-15,17,26-27,33H,6H2,1-4H3,(H2,24,32)/t10-,12?,13?,14-,15+,17+,23+/m0/s1. The fourth-order valence-corrected chi connectivity index (χ4v) is 5.91. The van der Waals surface area contributed by atoms with Crippen LogP contribution in [0.1, 0.15) is 27.0 Å². The van der Waals surface area contributed by atoms with Gasteiger partial charge in [-0.1, -0.05) is 6.07 Å². The largest absolute Gasteiger partial charge is 0.507 e. The number of phenolic OH excluding ortho intramolecular Hbond substituents is 1. The van der Waals surface area contributed by atoms with Crippen LogP contribution in [0.15, 0.2) is 6.07 Å². The van der Waals surface area contributed by atoms with Crippen LogP contribution in [0.25, 0.3) is 0 Å². The van der Waals surface area contributed by atoms with Gasteiger partial charge >= 0.3 is 0 Å². The number of nitrogens with zero attached hydrogens (tertiary/aromatic N) is 1. The van der Waals surface area contributed by atoms with Crippen molar-refractivity contribution < 1.29 is 39.3 Å². The van der Waals surface area contributed by atoms with Crippen molar-refractivity contribution in [2.75, 3.05) is 14.1 Å². The van der Waals surface area contributed by atoms with Gasteiger partial charge in [0.25, 0.3) is 0 Å². The van der Waals surface area contributed by atoms with Gasteiger partial charge in [-0.25, -0.2) is 0 Å². The van der Waals surface area contributed by atoms with Crippen LogP contribution in [-0.2, 0) is 25.6 Å². The van der Waals surface area contributed by atoms with E-state index in [1.807, 2.05) is 0 Å². The second-order valence-electron chi connectivity index (χ2n) is 9.57. The fraction of sp³-hybridized carbons (Fsp3) is 0.522. The Bertz CT molecular complexity index is 1140. The Morgan fingerprint density at radius 2 is 1.76 bits per heavy atom. The van der Waals surface area contributed by atoms with E-state index in [-0.39, 0.29) is 17.7 Å². The summed E-state index contributed by atoms with van der Waals surface area (Å²) >= 11 is 0. The second kappa shape index (κ2) is 7.28. The number of nitrogens with two attached hydrogens (primary N) is 1. The first-order valence-corrected chi connectivity index (χ1v) is 10.6. The SMILES string of the molecule is Cc1cc2c(c(O)c1C)C(=O)C1C(=O)[C@@]3(O)C(=O)C(C(N)=O)C(=O)[C@H](N(C)C)[C@H]3[C@H](O)[C@H]1C2. The number of carbonyl (C=O) groups is 5. The van der Waals surface area contributed by atoms with Crippen molar-refractivity contribution in [3.05, 3.63) is 28.3 Å². The first-order valence-electron chi connectivity index (χ1n) is 10.6. The van der Waals surface area contributed by atoms with Crippen molar-refractivity contribution in [3.63, 3.8) is 0 Å². The highest BCUT2D eigenvalue weighted by molar-refractivity contribution is 6.32. The average molecular weight is 458 g/mol. The number of phenols is 1. The number of aryl methyl sites for hydroxylation is 1. The number of hydrogen-bond donors (Lipinski definition) is 4. The summed E-state index contributed by atoms with van der Waals surface area (Å²) in [5.41, 5.74) is 3.80. The van der Waals surface area contributed by atoms with E-state index < -0.39 is 70.5 Å². The molecule has 0 heterocycles. The maximum absolute atomic E-state index is 13.6. The molecule has 4 rings (SSSR count). The van der Waals surface area contributed by atoms with Crippen LogP contribution in [0.4, 0.5) is 0 Å². The van der Waals surface area contributed by atoms with E-state index in [0.29, 0.717) is 16.7 Å². The van der Waals surface area contributed by atoms with Crippen molar-refractivity contribution in [1.82, 2.24) is 4.90 Å². The molecule has 0 radical (unpaired) electrons. The monoisotopic (exact) mass is 458 g/mol. The lowest BCUT2D eigenvalue weighted by atomic mass is 9.51. The molecule has 5 N–H and O–H groups in total. The summed E-state index contributed by atoms with van der Waals surface area (Å²) in [6.45, 7) is 3.36. The Balaban J connectivity index is 1.94. The molecule has 1 aromatic carbocycles. The minimum Gasteiger partial charge on any atom is -0.507 e. The molecule has 0 aliphatic heterocycles. The summed E-state index contributed by atoms with van der Waals surface area (Å²) in [6, 6.07) is 0.329. The Kier molecular flexibility index (Phi) is 5.12. The number of benzene rings is 1. The number of hydrogen-bond acceptors (Lipinski definition) is 9. The molecule has 0 aromatic heterocycles. The molecule has 2 saturated carbocycles. The number of Topliss-reactive ketones (excluding diaryl/α,β-unsaturated/α-hetero) is 4. The topological polar surface area (TPSA) is 175 Å². The molecular formula is C23H26N2O8. The normalized spacial score (nSPS) is 35.8. The Hall–Kier alpha value is -2.95. The minimum atomic E-state index is -2.97. The maximum Gasteiger partial charge on any atom is 0.235 e. The lowest BCUT2D eigenvalue weighted by Gasteiger charge is -2.54. The van der Waals surface area contributed by atoms with E-state index in [9.17, 15) is 39.3 Å². The van der Waals surface area contributed by atoms with Crippen LogP contribution in [-0.4, -0.2) is 81.1 Å². The number of rotatable bonds is 2. The number of carbonyl (C=O) groups excluding carboxylic acids is 5. The number of aromatic hydroxyl groups is 1. The number of fused-ring (bicyclic) bond motifs is 3. The molecule has 7 atom stereocenters. The highest BCUT2D eigenvalue weighted by atomic mass is 16.3. The molecule has 3 aliphatic rings. The first kappa shape index (κ1) is 23.2. The zero-order chi connectivity index (χ0) is 24.7. The molecule has 1 amide bonds. The Labute approximate surface area is 189 Å². The van der Waals surface area contributed by atoms with Gasteiger partial charge in [0.2, 0.25) is 5.91 Å². The van der Waals surface area contributed by atoms with E-state index >= 15 is 0 Å². The number of primary amides is 1. The molecule has 1 aromatic rings. The van der Waals surface area contributed by atoms with Crippen LogP contribution in [0.5, 0.6) is 5.75 Å². The summed E-state index contributed by atoms with van der Waals surface area (Å²) in [5, 5.41) is 33.4. The minimum absolute atomic E-state index is 0.0156. The molecule has 33 heavy (non-hydrogen) atoms. The zero-order valence-corrected chi connectivity index (χ0v) is 18.7. The van der Waals surface area contributed by atoms with Crippen LogP contribution in [0.3, 0.4) is 0 Å². The van der Waals surface area contributed by atoms with Gasteiger partial charge in [-0.15, -0.1) is 0 Å². The van der Waals surface area contributed by atoms with Gasteiger partial charge in [0, 0.05) is 5.92 Å². The molecule has 176 valence electrons. The van der Waals surface area contributed by atoms with Crippen LogP contribution < -0.4 is 5.73 Å².